The summed E-state index contributed by atoms with van der Waals surface area (Å²) >= 11 is 1.46. The topological polar surface area (TPSA) is 69.0 Å². The van der Waals surface area contributed by atoms with Crippen LogP contribution in [0.25, 0.3) is 0 Å². The molecule has 21 heavy (non-hydrogen) atoms. The number of carbonyl (C=O) groups is 1. The van der Waals surface area contributed by atoms with Crippen molar-refractivity contribution >= 4 is 28.1 Å². The molecule has 0 bridgehead atoms. The highest BCUT2D eigenvalue weighted by molar-refractivity contribution is 7.13. The zero-order valence-electron chi connectivity index (χ0n) is 12.7. The van der Waals surface area contributed by atoms with Crippen LogP contribution in [0.1, 0.15) is 33.4 Å². The van der Waals surface area contributed by atoms with Crippen LogP contribution < -0.4 is 5.32 Å². The molecule has 1 N–H and O–H groups in total. The lowest BCUT2D eigenvalue weighted by molar-refractivity contribution is -0.148. The van der Waals surface area contributed by atoms with Crippen LogP contribution in [-0.4, -0.2) is 27.3 Å². The third-order valence-electron chi connectivity index (χ3n) is 3.14. The van der Waals surface area contributed by atoms with Crippen molar-refractivity contribution in [2.45, 2.75) is 39.7 Å². The normalized spacial score (nSPS) is 11.4. The maximum atomic E-state index is 12.0. The molecule has 0 atom stereocenters. The van der Waals surface area contributed by atoms with Gasteiger partial charge in [0.1, 0.15) is 5.41 Å². The number of rotatable bonds is 6. The second kappa shape index (κ2) is 6.26. The molecule has 0 saturated heterocycles. The van der Waals surface area contributed by atoms with Gasteiger partial charge in [-0.05, 0) is 27.7 Å². The van der Waals surface area contributed by atoms with Gasteiger partial charge < -0.3 is 10.1 Å². The average Bonchev–Trinajstić information content (AvgIpc) is 3.09. The Hall–Kier alpha value is -1.89. The molecule has 2 aromatic rings. The second-order valence-electron chi connectivity index (χ2n) is 5.09. The zero-order valence-corrected chi connectivity index (χ0v) is 13.5. The number of hydrogen-bond donors (Lipinski definition) is 1. The number of carbonyl (C=O) groups excluding carboxylic acids is 1. The maximum Gasteiger partial charge on any atom is 0.317 e. The maximum absolute atomic E-state index is 12.0. The Kier molecular flexibility index (Phi) is 4.62. The number of nitrogens with one attached hydrogen (secondary N) is 1. The smallest absolute Gasteiger partial charge is 0.317 e. The fourth-order valence-corrected chi connectivity index (χ4v) is 2.66. The first-order valence-electron chi connectivity index (χ1n) is 6.90. The molecule has 0 spiro atoms. The van der Waals surface area contributed by atoms with Crippen LogP contribution in [0, 0.1) is 0 Å². The Morgan fingerprint density at radius 3 is 2.86 bits per heavy atom. The average molecular weight is 308 g/mol. The summed E-state index contributed by atoms with van der Waals surface area (Å²) in [5.41, 5.74) is 0.836. The van der Waals surface area contributed by atoms with Gasteiger partial charge >= 0.3 is 5.97 Å². The van der Waals surface area contributed by atoms with Crippen LogP contribution >= 0.6 is 11.3 Å². The first-order valence-corrected chi connectivity index (χ1v) is 7.78. The quantitative estimate of drug-likeness (QED) is 0.831. The fraction of sp³-hybridized carbons (Fsp3) is 0.500. The third kappa shape index (κ3) is 3.41. The third-order valence-corrected chi connectivity index (χ3v) is 3.90. The van der Waals surface area contributed by atoms with Crippen molar-refractivity contribution in [3.05, 3.63) is 23.5 Å². The lowest BCUT2D eigenvalue weighted by Gasteiger charge is -2.19. The van der Waals surface area contributed by atoms with Gasteiger partial charge in [0.15, 0.2) is 5.13 Å². The van der Waals surface area contributed by atoms with Crippen molar-refractivity contribution in [1.82, 2.24) is 14.8 Å². The molecule has 0 aliphatic heterocycles. The van der Waals surface area contributed by atoms with Gasteiger partial charge in [-0.15, -0.1) is 11.3 Å². The number of esters is 1. The predicted molar refractivity (Wildman–Crippen MR) is 83.0 cm³/mol. The van der Waals surface area contributed by atoms with Gasteiger partial charge in [-0.25, -0.2) is 4.98 Å². The molecular formula is C14H20N4O2S. The van der Waals surface area contributed by atoms with E-state index >= 15 is 0 Å². The number of hydrogen-bond acceptors (Lipinski definition) is 6. The minimum absolute atomic E-state index is 0.263. The molecule has 2 aromatic heterocycles. The van der Waals surface area contributed by atoms with Gasteiger partial charge in [-0.3, -0.25) is 9.48 Å². The summed E-state index contributed by atoms with van der Waals surface area (Å²) in [7, 11) is 0. The molecule has 0 unspecified atom stereocenters. The highest BCUT2D eigenvalue weighted by Crippen LogP contribution is 2.29. The van der Waals surface area contributed by atoms with Crippen molar-refractivity contribution < 1.29 is 9.53 Å². The number of ether oxygens (including phenoxy) is 1. The van der Waals surface area contributed by atoms with Crippen molar-refractivity contribution in [3.8, 4) is 0 Å². The predicted octanol–water partition coefficient (Wildman–Crippen LogP) is 2.94. The highest BCUT2D eigenvalue weighted by Gasteiger charge is 2.33. The van der Waals surface area contributed by atoms with Crippen LogP contribution in [0.2, 0.25) is 0 Å². The number of thiazole rings is 1. The van der Waals surface area contributed by atoms with Gasteiger partial charge in [0.05, 0.1) is 24.2 Å². The van der Waals surface area contributed by atoms with E-state index in [0.29, 0.717) is 12.3 Å². The SMILES string of the molecule is CCOC(=O)C(C)(C)c1csc(Nc2cnn(CC)c2)n1. The molecule has 0 aromatic carbocycles. The summed E-state index contributed by atoms with van der Waals surface area (Å²) in [4.78, 5) is 16.5. The van der Waals surface area contributed by atoms with Crippen molar-refractivity contribution in [2.75, 3.05) is 11.9 Å². The summed E-state index contributed by atoms with van der Waals surface area (Å²) in [6, 6.07) is 0. The van der Waals surface area contributed by atoms with Crippen molar-refractivity contribution in [3.63, 3.8) is 0 Å². The van der Waals surface area contributed by atoms with Crippen LogP contribution in [0.15, 0.2) is 17.8 Å². The molecule has 114 valence electrons. The Bertz CT molecular complexity index is 618. The van der Waals surface area contributed by atoms with E-state index in [2.05, 4.69) is 15.4 Å². The van der Waals surface area contributed by atoms with E-state index in [4.69, 9.17) is 4.74 Å². The Morgan fingerprint density at radius 2 is 2.24 bits per heavy atom. The lowest BCUT2D eigenvalue weighted by Crippen LogP contribution is -2.31. The number of aromatic nitrogens is 3. The van der Waals surface area contributed by atoms with E-state index in [9.17, 15) is 4.79 Å². The van der Waals surface area contributed by atoms with Crippen LogP contribution in [0.3, 0.4) is 0 Å². The van der Waals surface area contributed by atoms with Gasteiger partial charge in [0.25, 0.3) is 0 Å². The summed E-state index contributed by atoms with van der Waals surface area (Å²) in [6.07, 6.45) is 3.67. The molecule has 0 radical (unpaired) electrons. The molecule has 0 aliphatic carbocycles. The van der Waals surface area contributed by atoms with Crippen LogP contribution in [0.5, 0.6) is 0 Å². The Labute approximate surface area is 128 Å². The van der Waals surface area contributed by atoms with E-state index in [-0.39, 0.29) is 5.97 Å². The molecule has 6 nitrogen and oxygen atoms in total. The number of nitrogens with zero attached hydrogens (tertiary/aromatic N) is 3. The minimum Gasteiger partial charge on any atom is -0.465 e. The fourth-order valence-electron chi connectivity index (χ4n) is 1.76. The highest BCUT2D eigenvalue weighted by atomic mass is 32.1. The van der Waals surface area contributed by atoms with Crippen molar-refractivity contribution in [1.29, 1.82) is 0 Å². The molecule has 2 heterocycles. The summed E-state index contributed by atoms with van der Waals surface area (Å²) in [5, 5.41) is 10.0. The zero-order chi connectivity index (χ0) is 15.5. The summed E-state index contributed by atoms with van der Waals surface area (Å²) in [5.74, 6) is -0.263. The Morgan fingerprint density at radius 1 is 1.48 bits per heavy atom. The molecule has 0 saturated carbocycles. The molecule has 0 fully saturated rings. The van der Waals surface area contributed by atoms with E-state index < -0.39 is 5.41 Å². The molecular weight excluding hydrogens is 288 g/mol. The minimum atomic E-state index is -0.750. The summed E-state index contributed by atoms with van der Waals surface area (Å²) < 4.78 is 6.93. The number of aryl methyl sites for hydroxylation is 1. The van der Waals surface area contributed by atoms with E-state index in [0.717, 1.165) is 17.4 Å². The second-order valence-corrected chi connectivity index (χ2v) is 5.95. The number of anilines is 2. The van der Waals surface area contributed by atoms with Gasteiger partial charge in [-0.2, -0.15) is 5.10 Å². The van der Waals surface area contributed by atoms with Crippen LogP contribution in [0.4, 0.5) is 10.8 Å². The van der Waals surface area contributed by atoms with Crippen LogP contribution in [-0.2, 0) is 21.5 Å². The first kappa shape index (κ1) is 15.5. The first-order chi connectivity index (χ1) is 9.97. The summed E-state index contributed by atoms with van der Waals surface area (Å²) in [6.45, 7) is 8.65. The molecule has 0 amide bonds. The standard InChI is InChI=1S/C14H20N4O2S/c1-5-18-8-10(7-15-18)16-13-17-11(9-21-13)14(3,4)12(19)20-6-2/h7-9H,5-6H2,1-4H3,(H,16,17). The van der Waals surface area contributed by atoms with Gasteiger partial charge in [0.2, 0.25) is 0 Å². The van der Waals surface area contributed by atoms with Gasteiger partial charge in [-0.1, -0.05) is 0 Å². The van der Waals surface area contributed by atoms with E-state index in [1.54, 1.807) is 13.1 Å². The largest absolute Gasteiger partial charge is 0.465 e. The monoisotopic (exact) mass is 308 g/mol. The van der Waals surface area contributed by atoms with Crippen molar-refractivity contribution in [2.24, 2.45) is 0 Å². The molecule has 0 aliphatic rings. The molecule has 7 heteroatoms. The van der Waals surface area contributed by atoms with E-state index in [1.807, 2.05) is 37.0 Å². The Balaban J connectivity index is 2.12. The lowest BCUT2D eigenvalue weighted by atomic mass is 9.90. The van der Waals surface area contributed by atoms with Gasteiger partial charge in [0, 0.05) is 18.1 Å². The van der Waals surface area contributed by atoms with E-state index in [1.165, 1.54) is 11.3 Å². The molecule has 2 rings (SSSR count).